The molecule has 0 saturated heterocycles. The minimum absolute atomic E-state index is 0.0999. The number of carbonyl (C=O) groups is 1. The predicted molar refractivity (Wildman–Crippen MR) is 90.7 cm³/mol. The number of carbonyl (C=O) groups excluding carboxylic acids is 1. The Morgan fingerprint density at radius 1 is 1.30 bits per heavy atom. The largest absolute Gasteiger partial charge is 0.391 e. The summed E-state index contributed by atoms with van der Waals surface area (Å²) < 4.78 is 2.26. The monoisotopic (exact) mass is 312 g/mol. The zero-order valence-corrected chi connectivity index (χ0v) is 13.7. The predicted octanol–water partition coefficient (Wildman–Crippen LogP) is 2.77. The third kappa shape index (κ3) is 3.64. The molecule has 1 aromatic heterocycles. The Hall–Kier alpha value is -2.07. The number of nitrogens with zero attached hydrogens (tertiary/aromatic N) is 1. The van der Waals surface area contributed by atoms with Crippen molar-refractivity contribution in [3.63, 3.8) is 0 Å². The van der Waals surface area contributed by atoms with E-state index in [0.717, 1.165) is 22.5 Å². The minimum Gasteiger partial charge on any atom is -0.391 e. The first-order valence-electron chi connectivity index (χ1n) is 8.25. The Morgan fingerprint density at radius 3 is 2.65 bits per heavy atom. The summed E-state index contributed by atoms with van der Waals surface area (Å²) >= 11 is 0. The van der Waals surface area contributed by atoms with Crippen molar-refractivity contribution >= 4 is 5.91 Å². The quantitative estimate of drug-likeness (QED) is 0.862. The zero-order chi connectivity index (χ0) is 16.4. The fourth-order valence-corrected chi connectivity index (χ4v) is 3.17. The first-order chi connectivity index (χ1) is 11.1. The molecule has 4 heteroatoms. The summed E-state index contributed by atoms with van der Waals surface area (Å²) in [5, 5.41) is 13.0. The van der Waals surface area contributed by atoms with Crippen LogP contribution in [0.15, 0.2) is 36.4 Å². The van der Waals surface area contributed by atoms with Crippen molar-refractivity contribution in [3.8, 4) is 0 Å². The van der Waals surface area contributed by atoms with Crippen LogP contribution in [0.3, 0.4) is 0 Å². The van der Waals surface area contributed by atoms with E-state index in [1.165, 1.54) is 12.8 Å². The third-order valence-corrected chi connectivity index (χ3v) is 4.45. The molecular weight excluding hydrogens is 288 g/mol. The molecule has 4 nitrogen and oxygen atoms in total. The van der Waals surface area contributed by atoms with Crippen LogP contribution in [-0.4, -0.2) is 28.2 Å². The lowest BCUT2D eigenvalue weighted by molar-refractivity contribution is 0.0915. The van der Waals surface area contributed by atoms with Gasteiger partial charge < -0.3 is 15.0 Å². The fraction of sp³-hybridized carbons (Fsp3) is 0.421. The van der Waals surface area contributed by atoms with Gasteiger partial charge in [0.15, 0.2) is 0 Å². The van der Waals surface area contributed by atoms with Crippen LogP contribution >= 0.6 is 0 Å². The number of hydrogen-bond donors (Lipinski definition) is 2. The number of hydrogen-bond acceptors (Lipinski definition) is 2. The van der Waals surface area contributed by atoms with Gasteiger partial charge in [-0.2, -0.15) is 0 Å². The maximum atomic E-state index is 12.4. The zero-order valence-electron chi connectivity index (χ0n) is 13.7. The van der Waals surface area contributed by atoms with E-state index in [2.05, 4.69) is 9.88 Å². The van der Waals surface area contributed by atoms with Gasteiger partial charge in [-0.25, -0.2) is 0 Å². The van der Waals surface area contributed by atoms with Crippen molar-refractivity contribution in [3.05, 3.63) is 58.9 Å². The average Bonchev–Trinajstić information content (AvgIpc) is 3.31. The number of nitrogens with one attached hydrogen (secondary N) is 1. The van der Waals surface area contributed by atoms with E-state index in [0.29, 0.717) is 12.5 Å². The molecule has 3 rings (SSSR count). The van der Waals surface area contributed by atoms with Crippen molar-refractivity contribution in [2.75, 3.05) is 6.54 Å². The van der Waals surface area contributed by atoms with E-state index in [1.54, 1.807) is 0 Å². The lowest BCUT2D eigenvalue weighted by Gasteiger charge is -2.12. The fourth-order valence-electron chi connectivity index (χ4n) is 3.17. The summed E-state index contributed by atoms with van der Waals surface area (Å²) in [6, 6.07) is 12.3. The van der Waals surface area contributed by atoms with Crippen LogP contribution in [0.25, 0.3) is 0 Å². The van der Waals surface area contributed by atoms with Crippen LogP contribution in [0.1, 0.15) is 46.2 Å². The second-order valence-corrected chi connectivity index (χ2v) is 6.44. The molecule has 1 saturated carbocycles. The SMILES string of the molecule is Cc1cc(C(=O)NC[C@H](O)Cc2ccccc2)c(C)n1C1CC1. The molecule has 0 radical (unpaired) electrons. The molecule has 0 unspecified atom stereocenters. The van der Waals surface area contributed by atoms with E-state index in [9.17, 15) is 9.90 Å². The molecule has 1 aliphatic rings. The highest BCUT2D eigenvalue weighted by Gasteiger charge is 2.28. The lowest BCUT2D eigenvalue weighted by atomic mass is 10.1. The molecule has 2 N–H and O–H groups in total. The lowest BCUT2D eigenvalue weighted by Crippen LogP contribution is -2.33. The van der Waals surface area contributed by atoms with Gasteiger partial charge in [0.25, 0.3) is 5.91 Å². The molecule has 0 bridgehead atoms. The Balaban J connectivity index is 1.58. The first-order valence-corrected chi connectivity index (χ1v) is 8.25. The number of rotatable bonds is 6. The molecule has 122 valence electrons. The van der Waals surface area contributed by atoms with Gasteiger partial charge in [-0.1, -0.05) is 30.3 Å². The van der Waals surface area contributed by atoms with Crippen molar-refractivity contribution in [1.82, 2.24) is 9.88 Å². The number of aliphatic hydroxyl groups is 1. The Bertz CT molecular complexity index is 687. The molecule has 0 spiro atoms. The highest BCUT2D eigenvalue weighted by atomic mass is 16.3. The van der Waals surface area contributed by atoms with Crippen LogP contribution in [0.2, 0.25) is 0 Å². The number of amides is 1. The van der Waals surface area contributed by atoms with Gasteiger partial charge >= 0.3 is 0 Å². The van der Waals surface area contributed by atoms with Gasteiger partial charge in [-0.15, -0.1) is 0 Å². The number of aliphatic hydroxyl groups excluding tert-OH is 1. The maximum Gasteiger partial charge on any atom is 0.253 e. The van der Waals surface area contributed by atoms with Crippen LogP contribution in [0, 0.1) is 13.8 Å². The molecule has 1 aliphatic carbocycles. The molecule has 1 aromatic carbocycles. The Labute approximate surface area is 137 Å². The summed E-state index contributed by atoms with van der Waals surface area (Å²) in [5.74, 6) is -0.0999. The molecule has 1 fully saturated rings. The number of aryl methyl sites for hydroxylation is 1. The van der Waals surface area contributed by atoms with Crippen molar-refractivity contribution in [2.24, 2.45) is 0 Å². The summed E-state index contributed by atoms with van der Waals surface area (Å²) in [6.07, 6.45) is 2.37. The second kappa shape index (κ2) is 6.59. The van der Waals surface area contributed by atoms with Crippen LogP contribution in [-0.2, 0) is 6.42 Å². The molecule has 23 heavy (non-hydrogen) atoms. The van der Waals surface area contributed by atoms with E-state index in [4.69, 9.17) is 0 Å². The third-order valence-electron chi connectivity index (χ3n) is 4.45. The van der Waals surface area contributed by atoms with Crippen molar-refractivity contribution < 1.29 is 9.90 Å². The van der Waals surface area contributed by atoms with Crippen LogP contribution in [0.4, 0.5) is 0 Å². The van der Waals surface area contributed by atoms with Gasteiger partial charge in [-0.3, -0.25) is 4.79 Å². The second-order valence-electron chi connectivity index (χ2n) is 6.44. The first kappa shape index (κ1) is 15.8. The summed E-state index contributed by atoms with van der Waals surface area (Å²) in [4.78, 5) is 12.4. The smallest absolute Gasteiger partial charge is 0.253 e. The molecule has 1 heterocycles. The molecule has 1 amide bonds. The van der Waals surface area contributed by atoms with E-state index in [-0.39, 0.29) is 12.5 Å². The van der Waals surface area contributed by atoms with Crippen LogP contribution in [0.5, 0.6) is 0 Å². The highest BCUT2D eigenvalue weighted by Crippen LogP contribution is 2.38. The van der Waals surface area contributed by atoms with Gasteiger partial charge in [0.2, 0.25) is 0 Å². The highest BCUT2D eigenvalue weighted by molar-refractivity contribution is 5.95. The van der Waals surface area contributed by atoms with E-state index in [1.807, 2.05) is 50.2 Å². The number of aromatic nitrogens is 1. The molecule has 0 aliphatic heterocycles. The van der Waals surface area contributed by atoms with Crippen molar-refractivity contribution in [1.29, 1.82) is 0 Å². The summed E-state index contributed by atoms with van der Waals surface area (Å²) in [7, 11) is 0. The van der Waals surface area contributed by atoms with Gasteiger partial charge in [0.05, 0.1) is 11.7 Å². The average molecular weight is 312 g/mol. The minimum atomic E-state index is -0.576. The molecular formula is C19H24N2O2. The topological polar surface area (TPSA) is 54.3 Å². The molecule has 2 aromatic rings. The van der Waals surface area contributed by atoms with Gasteiger partial charge in [0, 0.05) is 30.4 Å². The van der Waals surface area contributed by atoms with Gasteiger partial charge in [-0.05, 0) is 38.3 Å². The number of benzene rings is 1. The van der Waals surface area contributed by atoms with E-state index >= 15 is 0 Å². The molecule has 1 atom stereocenters. The van der Waals surface area contributed by atoms with Gasteiger partial charge in [0.1, 0.15) is 0 Å². The van der Waals surface area contributed by atoms with Crippen LogP contribution < -0.4 is 5.32 Å². The summed E-state index contributed by atoms with van der Waals surface area (Å²) in [6.45, 7) is 4.31. The maximum absolute atomic E-state index is 12.4. The summed E-state index contributed by atoms with van der Waals surface area (Å²) in [5.41, 5.74) is 3.96. The van der Waals surface area contributed by atoms with Crippen molar-refractivity contribution in [2.45, 2.75) is 45.3 Å². The normalized spacial score (nSPS) is 15.4. The Kier molecular flexibility index (Phi) is 4.53. The van der Waals surface area contributed by atoms with E-state index < -0.39 is 6.10 Å². The standard InChI is InChI=1S/C19H24N2O2/c1-13-10-18(14(2)21(13)16-8-9-16)19(23)20-12-17(22)11-15-6-4-3-5-7-15/h3-7,10,16-17,22H,8-9,11-12H2,1-2H3,(H,20,23)/t17-/m1/s1. The Morgan fingerprint density at radius 2 is 2.00 bits per heavy atom.